The minimum Gasteiger partial charge on any atom is -0.497 e. The van der Waals surface area contributed by atoms with Crippen molar-refractivity contribution in [3.8, 4) is 16.9 Å². The Hall–Kier alpha value is -3.11. The van der Waals surface area contributed by atoms with Gasteiger partial charge in [-0.05, 0) is 43.3 Å². The molecule has 1 amide bonds. The van der Waals surface area contributed by atoms with Gasteiger partial charge in [0.15, 0.2) is 0 Å². The lowest BCUT2D eigenvalue weighted by atomic mass is 10.0. The normalized spacial score (nSPS) is 11.9. The second-order valence-corrected chi connectivity index (χ2v) is 6.84. The van der Waals surface area contributed by atoms with Crippen LogP contribution in [0.3, 0.4) is 0 Å². The average molecular weight is 374 g/mol. The van der Waals surface area contributed by atoms with Gasteiger partial charge >= 0.3 is 0 Å². The van der Waals surface area contributed by atoms with E-state index >= 15 is 0 Å². The number of carbonyl (C=O) groups is 1. The van der Waals surface area contributed by atoms with Crippen LogP contribution in [0.2, 0.25) is 0 Å². The van der Waals surface area contributed by atoms with Crippen LogP contribution in [0, 0.1) is 0 Å². The van der Waals surface area contributed by atoms with Gasteiger partial charge in [-0.2, -0.15) is 0 Å². The van der Waals surface area contributed by atoms with Gasteiger partial charge in [0.05, 0.1) is 13.2 Å². The monoisotopic (exact) mass is 374 g/mol. The summed E-state index contributed by atoms with van der Waals surface area (Å²) in [6.45, 7) is 2.58. The summed E-state index contributed by atoms with van der Waals surface area (Å²) in [5.74, 6) is 0.786. The molecule has 0 spiro atoms. The Balaban J connectivity index is 1.71. The molecule has 0 saturated carbocycles. The number of likely N-dealkylation sites (N-methyl/N-ethyl adjacent to an activating group) is 1. The number of amides is 1. The summed E-state index contributed by atoms with van der Waals surface area (Å²) in [5.41, 5.74) is 4.02. The molecule has 0 fully saturated rings. The van der Waals surface area contributed by atoms with E-state index in [0.717, 1.165) is 28.1 Å². The zero-order chi connectivity index (χ0) is 19.9. The first-order chi connectivity index (χ1) is 13.6. The van der Waals surface area contributed by atoms with E-state index < -0.39 is 0 Å². The van der Waals surface area contributed by atoms with Crippen molar-refractivity contribution in [3.05, 3.63) is 84.4 Å². The van der Waals surface area contributed by atoms with Crippen LogP contribution in [0.25, 0.3) is 11.1 Å². The number of nitrogens with zero attached hydrogens (tertiary/aromatic N) is 1. The van der Waals surface area contributed by atoms with Gasteiger partial charge in [-0.15, -0.1) is 0 Å². The lowest BCUT2D eigenvalue weighted by Crippen LogP contribution is -2.39. The first-order valence-corrected chi connectivity index (χ1v) is 9.37. The number of carbonyl (C=O) groups excluding carboxylic acids is 1. The van der Waals surface area contributed by atoms with Gasteiger partial charge in [0, 0.05) is 17.8 Å². The summed E-state index contributed by atoms with van der Waals surface area (Å²) in [6.07, 6.45) is 0. The van der Waals surface area contributed by atoms with Crippen LogP contribution < -0.4 is 10.1 Å². The van der Waals surface area contributed by atoms with Gasteiger partial charge in [0.1, 0.15) is 5.75 Å². The lowest BCUT2D eigenvalue weighted by Gasteiger charge is -2.24. The molecule has 0 aromatic heterocycles. The van der Waals surface area contributed by atoms with Gasteiger partial charge in [-0.1, -0.05) is 60.7 Å². The van der Waals surface area contributed by atoms with Crippen molar-refractivity contribution < 1.29 is 9.53 Å². The molecule has 4 heteroatoms. The molecule has 0 heterocycles. The average Bonchev–Trinajstić information content (AvgIpc) is 2.74. The van der Waals surface area contributed by atoms with Crippen LogP contribution >= 0.6 is 0 Å². The van der Waals surface area contributed by atoms with E-state index in [-0.39, 0.29) is 11.9 Å². The van der Waals surface area contributed by atoms with Gasteiger partial charge < -0.3 is 10.1 Å². The van der Waals surface area contributed by atoms with Crippen molar-refractivity contribution in [2.24, 2.45) is 0 Å². The molecule has 4 nitrogen and oxygen atoms in total. The van der Waals surface area contributed by atoms with E-state index in [1.165, 1.54) is 0 Å². The minimum absolute atomic E-state index is 0.0335. The fourth-order valence-corrected chi connectivity index (χ4v) is 3.09. The second-order valence-electron chi connectivity index (χ2n) is 6.84. The van der Waals surface area contributed by atoms with Crippen molar-refractivity contribution >= 4 is 11.6 Å². The van der Waals surface area contributed by atoms with Gasteiger partial charge in [0.25, 0.3) is 0 Å². The van der Waals surface area contributed by atoms with Crippen LogP contribution in [-0.2, 0) is 11.3 Å². The molecule has 3 aromatic carbocycles. The van der Waals surface area contributed by atoms with Gasteiger partial charge in [0.2, 0.25) is 5.91 Å². The Morgan fingerprint density at radius 2 is 1.71 bits per heavy atom. The van der Waals surface area contributed by atoms with Gasteiger partial charge in [-0.25, -0.2) is 0 Å². The van der Waals surface area contributed by atoms with Crippen LogP contribution in [-0.4, -0.2) is 31.0 Å². The smallest absolute Gasteiger partial charge is 0.241 e. The summed E-state index contributed by atoms with van der Waals surface area (Å²) in [7, 11) is 3.61. The Labute approximate surface area is 166 Å². The molecule has 0 aliphatic rings. The number of anilines is 1. The van der Waals surface area contributed by atoms with Crippen molar-refractivity contribution in [1.29, 1.82) is 0 Å². The van der Waals surface area contributed by atoms with E-state index in [1.807, 2.05) is 97.7 Å². The molecular weight excluding hydrogens is 348 g/mol. The van der Waals surface area contributed by atoms with Gasteiger partial charge in [-0.3, -0.25) is 9.69 Å². The van der Waals surface area contributed by atoms with Crippen molar-refractivity contribution in [3.63, 3.8) is 0 Å². The van der Waals surface area contributed by atoms with Crippen molar-refractivity contribution in [1.82, 2.24) is 4.90 Å². The second kappa shape index (κ2) is 9.20. The number of nitrogens with one attached hydrogen (secondary N) is 1. The number of rotatable bonds is 7. The third-order valence-electron chi connectivity index (χ3n) is 4.88. The molecular formula is C24H26N2O2. The highest BCUT2D eigenvalue weighted by molar-refractivity contribution is 5.98. The Morgan fingerprint density at radius 3 is 2.46 bits per heavy atom. The zero-order valence-electron chi connectivity index (χ0n) is 16.6. The molecule has 3 aromatic rings. The van der Waals surface area contributed by atoms with E-state index in [9.17, 15) is 4.79 Å². The molecule has 0 unspecified atom stereocenters. The van der Waals surface area contributed by atoms with Crippen LogP contribution in [0.1, 0.15) is 12.5 Å². The lowest BCUT2D eigenvalue weighted by molar-refractivity contribution is -0.120. The van der Waals surface area contributed by atoms with Crippen LogP contribution in [0.15, 0.2) is 78.9 Å². The Bertz CT molecular complexity index is 925. The molecule has 0 saturated heterocycles. The first kappa shape index (κ1) is 19.6. The summed E-state index contributed by atoms with van der Waals surface area (Å²) in [4.78, 5) is 14.9. The molecule has 144 valence electrons. The topological polar surface area (TPSA) is 41.6 Å². The summed E-state index contributed by atoms with van der Waals surface area (Å²) >= 11 is 0. The first-order valence-electron chi connectivity index (χ1n) is 9.37. The molecule has 28 heavy (non-hydrogen) atoms. The quantitative estimate of drug-likeness (QED) is 0.645. The zero-order valence-corrected chi connectivity index (χ0v) is 16.6. The number of hydrogen-bond acceptors (Lipinski definition) is 3. The summed E-state index contributed by atoms with van der Waals surface area (Å²) in [6, 6.07) is 25.6. The van der Waals surface area contributed by atoms with E-state index in [2.05, 4.69) is 5.32 Å². The number of ether oxygens (including phenoxy) is 1. The largest absolute Gasteiger partial charge is 0.497 e. The SMILES string of the molecule is COc1cccc(CN(C)[C@H](C)C(=O)Nc2ccccc2-c2ccccc2)c1. The van der Waals surface area contributed by atoms with Crippen LogP contribution in [0.4, 0.5) is 5.69 Å². The number of hydrogen-bond donors (Lipinski definition) is 1. The van der Waals surface area contributed by atoms with E-state index in [4.69, 9.17) is 4.74 Å². The predicted molar refractivity (Wildman–Crippen MR) is 114 cm³/mol. The maximum Gasteiger partial charge on any atom is 0.241 e. The van der Waals surface area contributed by atoms with Crippen molar-refractivity contribution in [2.75, 3.05) is 19.5 Å². The minimum atomic E-state index is -0.282. The highest BCUT2D eigenvalue weighted by Crippen LogP contribution is 2.27. The maximum atomic E-state index is 12.9. The molecule has 0 aliphatic carbocycles. The third-order valence-corrected chi connectivity index (χ3v) is 4.88. The molecule has 1 N–H and O–H groups in total. The summed E-state index contributed by atoms with van der Waals surface area (Å²) < 4.78 is 5.28. The third kappa shape index (κ3) is 4.78. The standard InChI is InChI=1S/C24H26N2O2/c1-18(26(2)17-19-10-9-13-21(16-19)28-3)24(27)25-23-15-8-7-14-22(23)20-11-5-4-6-12-20/h4-16,18H,17H2,1-3H3,(H,25,27)/t18-/m1/s1. The Morgan fingerprint density at radius 1 is 1.00 bits per heavy atom. The fraction of sp³-hybridized carbons (Fsp3) is 0.208. The highest BCUT2D eigenvalue weighted by Gasteiger charge is 2.19. The molecule has 3 rings (SSSR count). The fourth-order valence-electron chi connectivity index (χ4n) is 3.09. The molecule has 0 aliphatic heterocycles. The molecule has 0 bridgehead atoms. The Kier molecular flexibility index (Phi) is 6.45. The van der Waals surface area contributed by atoms with E-state index in [0.29, 0.717) is 6.54 Å². The number of para-hydroxylation sites is 1. The van der Waals surface area contributed by atoms with Crippen molar-refractivity contribution in [2.45, 2.75) is 19.5 Å². The molecule has 0 radical (unpaired) electrons. The van der Waals surface area contributed by atoms with E-state index in [1.54, 1.807) is 7.11 Å². The molecule has 1 atom stereocenters. The maximum absolute atomic E-state index is 12.9. The number of methoxy groups -OCH3 is 1. The van der Waals surface area contributed by atoms with Crippen LogP contribution in [0.5, 0.6) is 5.75 Å². The predicted octanol–water partition coefficient (Wildman–Crippen LogP) is 4.82. The summed E-state index contributed by atoms with van der Waals surface area (Å²) in [5, 5.41) is 3.09. The number of benzene rings is 3. The highest BCUT2D eigenvalue weighted by atomic mass is 16.5.